The lowest BCUT2D eigenvalue weighted by molar-refractivity contribution is 0.0667. The molecule has 0 amide bonds. The van der Waals surface area contributed by atoms with Crippen molar-refractivity contribution in [3.8, 4) is 0 Å². The summed E-state index contributed by atoms with van der Waals surface area (Å²) in [5.41, 5.74) is 6.26. The van der Waals surface area contributed by atoms with Crippen molar-refractivity contribution in [1.82, 2.24) is 0 Å². The van der Waals surface area contributed by atoms with Crippen molar-refractivity contribution in [2.45, 2.75) is 71.6 Å². The minimum atomic E-state index is 0.248. The number of methoxy groups -OCH3 is 1. The summed E-state index contributed by atoms with van der Waals surface area (Å²) in [6.07, 6.45) is 11.7. The first kappa shape index (κ1) is 16.9. The molecule has 1 atom stereocenters. The second kappa shape index (κ2) is 11.0. The van der Waals surface area contributed by atoms with Gasteiger partial charge in [-0.15, -0.1) is 0 Å². The molecular weight excluding hydrogens is 210 g/mol. The van der Waals surface area contributed by atoms with Crippen molar-refractivity contribution in [2.75, 3.05) is 20.3 Å². The summed E-state index contributed by atoms with van der Waals surface area (Å²) in [5, 5.41) is 0. The predicted octanol–water partition coefficient (Wildman–Crippen LogP) is 4.13. The summed E-state index contributed by atoms with van der Waals surface area (Å²) in [6.45, 7) is 6.12. The summed E-state index contributed by atoms with van der Waals surface area (Å²) in [6, 6.07) is 0. The van der Waals surface area contributed by atoms with Gasteiger partial charge in [0, 0.05) is 19.1 Å². The highest BCUT2D eigenvalue weighted by Crippen LogP contribution is 2.31. The Morgan fingerprint density at radius 2 is 1.41 bits per heavy atom. The van der Waals surface area contributed by atoms with E-state index in [1.807, 2.05) is 0 Å². The van der Waals surface area contributed by atoms with Crippen LogP contribution in [0, 0.1) is 5.41 Å². The Hall–Kier alpha value is -0.0800. The lowest BCUT2D eigenvalue weighted by Gasteiger charge is -2.32. The Balaban J connectivity index is 4.06. The average molecular weight is 243 g/mol. The molecule has 2 heteroatoms. The van der Waals surface area contributed by atoms with Crippen LogP contribution in [0.4, 0.5) is 0 Å². The van der Waals surface area contributed by atoms with Crippen molar-refractivity contribution >= 4 is 0 Å². The van der Waals surface area contributed by atoms with Crippen molar-refractivity contribution in [1.29, 1.82) is 0 Å². The van der Waals surface area contributed by atoms with Gasteiger partial charge in [-0.2, -0.15) is 0 Å². The highest BCUT2D eigenvalue weighted by atomic mass is 16.5. The highest BCUT2D eigenvalue weighted by molar-refractivity contribution is 4.80. The molecule has 0 aliphatic rings. The Kier molecular flexibility index (Phi) is 11.0. The third-order valence-corrected chi connectivity index (χ3v) is 3.75. The fraction of sp³-hybridized carbons (Fsp3) is 1.00. The van der Waals surface area contributed by atoms with Crippen LogP contribution in [0.25, 0.3) is 0 Å². The molecule has 2 N–H and O–H groups in total. The molecule has 0 aromatic heterocycles. The second-order valence-corrected chi connectivity index (χ2v) is 5.40. The predicted molar refractivity (Wildman–Crippen MR) is 76.3 cm³/mol. The Bertz CT molecular complexity index is 161. The summed E-state index contributed by atoms with van der Waals surface area (Å²) in [5.74, 6) is 0. The van der Waals surface area contributed by atoms with Gasteiger partial charge in [0.25, 0.3) is 0 Å². The summed E-state index contributed by atoms with van der Waals surface area (Å²) >= 11 is 0. The van der Waals surface area contributed by atoms with E-state index in [1.165, 1.54) is 57.8 Å². The second-order valence-electron chi connectivity index (χ2n) is 5.40. The molecule has 0 saturated heterocycles. The van der Waals surface area contributed by atoms with Crippen molar-refractivity contribution in [3.63, 3.8) is 0 Å². The number of unbranched alkanes of at least 4 members (excludes halogenated alkanes) is 5. The van der Waals surface area contributed by atoms with Gasteiger partial charge in [0.05, 0.1) is 6.61 Å². The molecule has 0 fully saturated rings. The smallest absolute Gasteiger partial charge is 0.0530 e. The Labute approximate surface area is 108 Å². The largest absolute Gasteiger partial charge is 0.384 e. The van der Waals surface area contributed by atoms with E-state index in [4.69, 9.17) is 10.5 Å². The first-order valence-electron chi connectivity index (χ1n) is 7.43. The topological polar surface area (TPSA) is 35.2 Å². The number of nitrogens with two attached hydrogens (primary N) is 1. The highest BCUT2D eigenvalue weighted by Gasteiger charge is 2.27. The zero-order valence-corrected chi connectivity index (χ0v) is 12.3. The van der Waals surface area contributed by atoms with Gasteiger partial charge >= 0.3 is 0 Å². The van der Waals surface area contributed by atoms with Gasteiger partial charge in [-0.1, -0.05) is 58.8 Å². The fourth-order valence-corrected chi connectivity index (χ4v) is 2.52. The first-order chi connectivity index (χ1) is 8.24. The van der Waals surface area contributed by atoms with Crippen LogP contribution in [0.3, 0.4) is 0 Å². The molecule has 0 saturated carbocycles. The summed E-state index contributed by atoms with van der Waals surface area (Å²) in [7, 11) is 1.80. The molecule has 0 heterocycles. The van der Waals surface area contributed by atoms with Crippen molar-refractivity contribution in [2.24, 2.45) is 11.1 Å². The van der Waals surface area contributed by atoms with E-state index in [0.29, 0.717) is 0 Å². The summed E-state index contributed by atoms with van der Waals surface area (Å²) < 4.78 is 5.41. The maximum atomic E-state index is 6.01. The molecule has 17 heavy (non-hydrogen) atoms. The van der Waals surface area contributed by atoms with Gasteiger partial charge in [0.1, 0.15) is 0 Å². The van der Waals surface area contributed by atoms with Crippen molar-refractivity contribution < 1.29 is 4.74 Å². The zero-order valence-electron chi connectivity index (χ0n) is 12.3. The fourth-order valence-electron chi connectivity index (χ4n) is 2.52. The lowest BCUT2D eigenvalue weighted by Crippen LogP contribution is -2.35. The normalized spacial score (nSPS) is 14.8. The van der Waals surface area contributed by atoms with Crippen LogP contribution in [0.5, 0.6) is 0 Å². The maximum Gasteiger partial charge on any atom is 0.0530 e. The molecule has 0 aliphatic carbocycles. The SMILES string of the molecule is CCCCCCC(CN)(CCCCC)COC. The Morgan fingerprint density at radius 1 is 0.882 bits per heavy atom. The van der Waals surface area contributed by atoms with Crippen LogP contribution in [-0.4, -0.2) is 20.3 Å². The van der Waals surface area contributed by atoms with Crippen LogP contribution in [0.2, 0.25) is 0 Å². The number of rotatable bonds is 12. The van der Waals surface area contributed by atoms with Gasteiger partial charge < -0.3 is 10.5 Å². The average Bonchev–Trinajstić information content (AvgIpc) is 2.35. The van der Waals surface area contributed by atoms with E-state index in [-0.39, 0.29) is 5.41 Å². The molecule has 0 bridgehead atoms. The monoisotopic (exact) mass is 243 g/mol. The van der Waals surface area contributed by atoms with Crippen LogP contribution in [0.15, 0.2) is 0 Å². The van der Waals surface area contributed by atoms with Gasteiger partial charge in [0.2, 0.25) is 0 Å². The van der Waals surface area contributed by atoms with E-state index < -0.39 is 0 Å². The molecule has 2 nitrogen and oxygen atoms in total. The molecular formula is C15H33NO. The minimum Gasteiger partial charge on any atom is -0.384 e. The zero-order chi connectivity index (χ0) is 13.0. The first-order valence-corrected chi connectivity index (χ1v) is 7.43. The molecule has 0 radical (unpaired) electrons. The van der Waals surface area contributed by atoms with Gasteiger partial charge in [0.15, 0.2) is 0 Å². The quantitative estimate of drug-likeness (QED) is 0.523. The number of ether oxygens (including phenoxy) is 1. The third kappa shape index (κ3) is 7.77. The molecule has 0 aromatic rings. The van der Waals surface area contributed by atoms with Crippen LogP contribution < -0.4 is 5.73 Å². The Morgan fingerprint density at radius 3 is 1.88 bits per heavy atom. The van der Waals surface area contributed by atoms with Crippen LogP contribution in [-0.2, 0) is 4.74 Å². The number of hydrogen-bond acceptors (Lipinski definition) is 2. The minimum absolute atomic E-state index is 0.248. The standard InChI is InChI=1S/C15H33NO/c1-4-6-8-10-12-15(13-16,14-17-3)11-9-7-5-2/h4-14,16H2,1-3H3. The van der Waals surface area contributed by atoms with E-state index in [2.05, 4.69) is 13.8 Å². The van der Waals surface area contributed by atoms with Crippen LogP contribution >= 0.6 is 0 Å². The van der Waals surface area contributed by atoms with E-state index in [0.717, 1.165) is 13.2 Å². The lowest BCUT2D eigenvalue weighted by atomic mass is 9.78. The summed E-state index contributed by atoms with van der Waals surface area (Å²) in [4.78, 5) is 0. The van der Waals surface area contributed by atoms with Gasteiger partial charge in [-0.3, -0.25) is 0 Å². The molecule has 0 rings (SSSR count). The van der Waals surface area contributed by atoms with Gasteiger partial charge in [-0.05, 0) is 12.8 Å². The number of hydrogen-bond donors (Lipinski definition) is 1. The van der Waals surface area contributed by atoms with Crippen LogP contribution in [0.1, 0.15) is 71.6 Å². The van der Waals surface area contributed by atoms with E-state index >= 15 is 0 Å². The molecule has 0 aliphatic heterocycles. The third-order valence-electron chi connectivity index (χ3n) is 3.75. The van der Waals surface area contributed by atoms with E-state index in [1.54, 1.807) is 7.11 Å². The molecule has 104 valence electrons. The molecule has 0 spiro atoms. The maximum absolute atomic E-state index is 6.01. The molecule has 0 aromatic carbocycles. The van der Waals surface area contributed by atoms with Gasteiger partial charge in [-0.25, -0.2) is 0 Å². The van der Waals surface area contributed by atoms with Crippen molar-refractivity contribution in [3.05, 3.63) is 0 Å². The molecule has 1 unspecified atom stereocenters. The van der Waals surface area contributed by atoms with E-state index in [9.17, 15) is 0 Å².